The Bertz CT molecular complexity index is 718. The second-order valence-corrected chi connectivity index (χ2v) is 4.28. The molecule has 0 saturated carbocycles. The van der Waals surface area contributed by atoms with E-state index < -0.39 is 0 Å². The van der Waals surface area contributed by atoms with Gasteiger partial charge in [-0.25, -0.2) is 4.98 Å². The summed E-state index contributed by atoms with van der Waals surface area (Å²) in [5.74, 6) is 0.848. The molecule has 2 aromatic heterocycles. The molecule has 4 heteroatoms. The number of anilines is 1. The molecule has 0 unspecified atom stereocenters. The molecule has 3 rings (SSSR count). The lowest BCUT2D eigenvalue weighted by Gasteiger charge is -2.07. The van der Waals surface area contributed by atoms with Crippen LogP contribution in [0.1, 0.15) is 6.92 Å². The predicted octanol–water partition coefficient (Wildman–Crippen LogP) is 2.98. The van der Waals surface area contributed by atoms with Gasteiger partial charge in [-0.3, -0.25) is 0 Å². The van der Waals surface area contributed by atoms with Crippen molar-refractivity contribution in [3.05, 3.63) is 48.8 Å². The Labute approximate surface area is 111 Å². The molecule has 1 aromatic carbocycles. The second kappa shape index (κ2) is 4.65. The maximum absolute atomic E-state index is 5.78. The maximum Gasteiger partial charge on any atom is 0.137 e. The van der Waals surface area contributed by atoms with Gasteiger partial charge in [0.25, 0.3) is 0 Å². The normalized spacial score (nSPS) is 10.8. The quantitative estimate of drug-likeness (QED) is 0.780. The van der Waals surface area contributed by atoms with Crippen LogP contribution in [-0.4, -0.2) is 16.0 Å². The molecule has 2 N–H and O–H groups in total. The van der Waals surface area contributed by atoms with E-state index in [1.165, 1.54) is 0 Å². The summed E-state index contributed by atoms with van der Waals surface area (Å²) in [6.45, 7) is 2.61. The van der Waals surface area contributed by atoms with Crippen LogP contribution < -0.4 is 10.5 Å². The van der Waals surface area contributed by atoms with Crippen LogP contribution in [0, 0.1) is 0 Å². The number of fused-ring (bicyclic) bond motifs is 1. The van der Waals surface area contributed by atoms with Crippen molar-refractivity contribution in [1.82, 2.24) is 9.38 Å². The van der Waals surface area contributed by atoms with Crippen molar-refractivity contribution in [2.45, 2.75) is 6.92 Å². The first kappa shape index (κ1) is 11.6. The number of nitrogens with zero attached hydrogens (tertiary/aromatic N) is 2. The van der Waals surface area contributed by atoms with Crippen molar-refractivity contribution in [3.63, 3.8) is 0 Å². The first-order valence-corrected chi connectivity index (χ1v) is 6.24. The van der Waals surface area contributed by atoms with E-state index in [1.54, 1.807) is 0 Å². The third-order valence-corrected chi connectivity index (χ3v) is 2.94. The number of imidazole rings is 1. The monoisotopic (exact) mass is 253 g/mol. The molecule has 0 amide bonds. The van der Waals surface area contributed by atoms with Crippen LogP contribution in [0.4, 0.5) is 5.69 Å². The number of pyridine rings is 1. The molecule has 0 atom stereocenters. The van der Waals surface area contributed by atoms with E-state index in [0.717, 1.165) is 28.3 Å². The van der Waals surface area contributed by atoms with Crippen molar-refractivity contribution in [2.75, 3.05) is 12.3 Å². The molecule has 0 saturated heterocycles. The van der Waals surface area contributed by atoms with Gasteiger partial charge in [0, 0.05) is 23.6 Å². The zero-order chi connectivity index (χ0) is 13.2. The molecule has 0 fully saturated rings. The molecule has 2 heterocycles. The number of hydrogen-bond donors (Lipinski definition) is 1. The molecule has 0 aliphatic carbocycles. The zero-order valence-corrected chi connectivity index (χ0v) is 10.7. The molecule has 0 radical (unpaired) electrons. The molecule has 0 aliphatic heterocycles. The summed E-state index contributed by atoms with van der Waals surface area (Å²) < 4.78 is 7.56. The number of ether oxygens (including phenoxy) is 1. The van der Waals surface area contributed by atoms with E-state index in [-0.39, 0.29) is 0 Å². The highest BCUT2D eigenvalue weighted by Crippen LogP contribution is 2.29. The van der Waals surface area contributed by atoms with Crippen LogP contribution in [-0.2, 0) is 0 Å². The van der Waals surface area contributed by atoms with Gasteiger partial charge in [-0.05, 0) is 31.2 Å². The summed E-state index contributed by atoms with van der Waals surface area (Å²) in [6, 6.07) is 11.7. The SMILES string of the molecule is CCOc1ccccc1-c1cn2cc(N)ccc2n1. The van der Waals surface area contributed by atoms with Crippen LogP contribution in [0.15, 0.2) is 48.8 Å². The van der Waals surface area contributed by atoms with Crippen LogP contribution >= 0.6 is 0 Å². The minimum Gasteiger partial charge on any atom is -0.493 e. The highest BCUT2D eigenvalue weighted by atomic mass is 16.5. The van der Waals surface area contributed by atoms with Gasteiger partial charge in [-0.2, -0.15) is 0 Å². The fraction of sp³-hybridized carbons (Fsp3) is 0.133. The van der Waals surface area contributed by atoms with E-state index in [9.17, 15) is 0 Å². The number of para-hydroxylation sites is 1. The Morgan fingerprint density at radius 2 is 2.00 bits per heavy atom. The Hall–Kier alpha value is -2.49. The zero-order valence-electron chi connectivity index (χ0n) is 10.7. The van der Waals surface area contributed by atoms with Gasteiger partial charge < -0.3 is 14.9 Å². The molecule has 96 valence electrons. The third kappa shape index (κ3) is 2.12. The highest BCUT2D eigenvalue weighted by molar-refractivity contribution is 5.69. The van der Waals surface area contributed by atoms with Gasteiger partial charge in [0.2, 0.25) is 0 Å². The van der Waals surface area contributed by atoms with Crippen LogP contribution in [0.25, 0.3) is 16.9 Å². The summed E-state index contributed by atoms with van der Waals surface area (Å²) in [4.78, 5) is 4.59. The summed E-state index contributed by atoms with van der Waals surface area (Å²) in [7, 11) is 0. The predicted molar refractivity (Wildman–Crippen MR) is 76.2 cm³/mol. The minimum atomic E-state index is 0.636. The lowest BCUT2D eigenvalue weighted by molar-refractivity contribution is 0.341. The van der Waals surface area contributed by atoms with Crippen molar-refractivity contribution in [1.29, 1.82) is 0 Å². The van der Waals surface area contributed by atoms with Crippen molar-refractivity contribution >= 4 is 11.3 Å². The molecule has 0 bridgehead atoms. The molecular weight excluding hydrogens is 238 g/mol. The van der Waals surface area contributed by atoms with Gasteiger partial charge in [0.1, 0.15) is 11.4 Å². The molecule has 19 heavy (non-hydrogen) atoms. The largest absolute Gasteiger partial charge is 0.493 e. The molecule has 0 spiro atoms. The Kier molecular flexibility index (Phi) is 2.83. The Morgan fingerprint density at radius 3 is 2.84 bits per heavy atom. The molecule has 3 aromatic rings. The van der Waals surface area contributed by atoms with Gasteiger partial charge in [-0.15, -0.1) is 0 Å². The van der Waals surface area contributed by atoms with Gasteiger partial charge >= 0.3 is 0 Å². The number of benzene rings is 1. The highest BCUT2D eigenvalue weighted by Gasteiger charge is 2.09. The van der Waals surface area contributed by atoms with Gasteiger partial charge in [0.15, 0.2) is 0 Å². The van der Waals surface area contributed by atoms with Crippen molar-refractivity contribution in [3.8, 4) is 17.0 Å². The Balaban J connectivity index is 2.13. The number of nitrogen functional groups attached to an aromatic ring is 1. The van der Waals surface area contributed by atoms with Gasteiger partial charge in [0.05, 0.1) is 12.3 Å². The standard InChI is InChI=1S/C15H15N3O/c1-2-19-14-6-4-3-5-12(14)13-10-18-9-11(16)7-8-15(18)17-13/h3-10H,2,16H2,1H3. The summed E-state index contributed by atoms with van der Waals surface area (Å²) in [5.41, 5.74) is 9.24. The van der Waals surface area contributed by atoms with Crippen molar-refractivity contribution in [2.24, 2.45) is 0 Å². The van der Waals surface area contributed by atoms with E-state index in [1.807, 2.05) is 60.1 Å². The fourth-order valence-electron chi connectivity index (χ4n) is 2.10. The van der Waals surface area contributed by atoms with E-state index in [0.29, 0.717) is 6.61 Å². The lowest BCUT2D eigenvalue weighted by atomic mass is 10.1. The smallest absolute Gasteiger partial charge is 0.137 e. The number of nitrogens with two attached hydrogens (primary N) is 1. The minimum absolute atomic E-state index is 0.636. The van der Waals surface area contributed by atoms with Crippen LogP contribution in [0.5, 0.6) is 5.75 Å². The summed E-state index contributed by atoms with van der Waals surface area (Å²) >= 11 is 0. The van der Waals surface area contributed by atoms with E-state index in [4.69, 9.17) is 10.5 Å². The van der Waals surface area contributed by atoms with Crippen molar-refractivity contribution < 1.29 is 4.74 Å². The molecule has 4 nitrogen and oxygen atoms in total. The second-order valence-electron chi connectivity index (χ2n) is 4.28. The van der Waals surface area contributed by atoms with Crippen LogP contribution in [0.2, 0.25) is 0 Å². The van der Waals surface area contributed by atoms with Gasteiger partial charge in [-0.1, -0.05) is 12.1 Å². The molecule has 0 aliphatic rings. The molecular formula is C15H15N3O. The Morgan fingerprint density at radius 1 is 1.16 bits per heavy atom. The average Bonchev–Trinajstić information content (AvgIpc) is 2.82. The average molecular weight is 253 g/mol. The van der Waals surface area contributed by atoms with E-state index >= 15 is 0 Å². The first-order chi connectivity index (χ1) is 9.28. The summed E-state index contributed by atoms with van der Waals surface area (Å²) in [5, 5.41) is 0. The summed E-state index contributed by atoms with van der Waals surface area (Å²) in [6.07, 6.45) is 3.82. The van der Waals surface area contributed by atoms with E-state index in [2.05, 4.69) is 4.98 Å². The fourth-order valence-corrected chi connectivity index (χ4v) is 2.10. The number of aromatic nitrogens is 2. The topological polar surface area (TPSA) is 52.5 Å². The number of rotatable bonds is 3. The lowest BCUT2D eigenvalue weighted by Crippen LogP contribution is -1.93. The maximum atomic E-state index is 5.78. The first-order valence-electron chi connectivity index (χ1n) is 6.24. The third-order valence-electron chi connectivity index (χ3n) is 2.94. The van der Waals surface area contributed by atoms with Crippen LogP contribution in [0.3, 0.4) is 0 Å². The number of hydrogen-bond acceptors (Lipinski definition) is 3.